The number of aryl methyl sites for hydroxylation is 2. The first-order valence-corrected chi connectivity index (χ1v) is 9.07. The van der Waals surface area contributed by atoms with Gasteiger partial charge in [0.2, 0.25) is 0 Å². The Balaban J connectivity index is 1.49. The van der Waals surface area contributed by atoms with Crippen molar-refractivity contribution in [2.24, 2.45) is 0 Å². The molecule has 0 radical (unpaired) electrons. The second-order valence-corrected chi connectivity index (χ2v) is 6.56. The van der Waals surface area contributed by atoms with Crippen LogP contribution in [0.5, 0.6) is 5.75 Å². The first-order chi connectivity index (χ1) is 13.5. The number of carbonyl (C=O) groups is 2. The molecule has 0 unspecified atom stereocenters. The third kappa shape index (κ3) is 5.07. The zero-order valence-electron chi connectivity index (χ0n) is 16.0. The van der Waals surface area contributed by atoms with Crippen LogP contribution in [0.1, 0.15) is 21.5 Å². The minimum absolute atomic E-state index is 0.233. The molecule has 0 aliphatic carbocycles. The molecular formula is C24H22O4. The number of hydrogen-bond acceptors (Lipinski definition) is 4. The van der Waals surface area contributed by atoms with Gasteiger partial charge >= 0.3 is 5.97 Å². The van der Waals surface area contributed by atoms with Gasteiger partial charge in [-0.05, 0) is 48.2 Å². The second kappa shape index (κ2) is 9.00. The first kappa shape index (κ1) is 19.4. The van der Waals surface area contributed by atoms with Gasteiger partial charge in [0.25, 0.3) is 0 Å². The van der Waals surface area contributed by atoms with E-state index < -0.39 is 5.97 Å². The van der Waals surface area contributed by atoms with Crippen LogP contribution in [-0.4, -0.2) is 25.0 Å². The lowest BCUT2D eigenvalue weighted by atomic mass is 10.0. The summed E-state index contributed by atoms with van der Waals surface area (Å²) in [6.07, 6.45) is 0. The second-order valence-electron chi connectivity index (χ2n) is 6.56. The van der Waals surface area contributed by atoms with Gasteiger partial charge in [-0.2, -0.15) is 0 Å². The Labute approximate surface area is 164 Å². The van der Waals surface area contributed by atoms with Crippen LogP contribution in [0.3, 0.4) is 0 Å². The molecule has 0 saturated carbocycles. The van der Waals surface area contributed by atoms with Crippen molar-refractivity contribution in [1.29, 1.82) is 0 Å². The van der Waals surface area contributed by atoms with Gasteiger partial charge in [0.15, 0.2) is 19.0 Å². The molecule has 0 aromatic heterocycles. The molecule has 142 valence electrons. The number of esters is 1. The number of ketones is 1. The third-order valence-electron chi connectivity index (χ3n) is 4.51. The van der Waals surface area contributed by atoms with Crippen LogP contribution in [0, 0.1) is 13.8 Å². The Kier molecular flexibility index (Phi) is 6.22. The maximum absolute atomic E-state index is 12.2. The summed E-state index contributed by atoms with van der Waals surface area (Å²) in [6, 6.07) is 22.7. The molecular weight excluding hydrogens is 352 g/mol. The van der Waals surface area contributed by atoms with E-state index >= 15 is 0 Å². The van der Waals surface area contributed by atoms with Gasteiger partial charge < -0.3 is 9.47 Å². The van der Waals surface area contributed by atoms with Gasteiger partial charge in [-0.1, -0.05) is 60.7 Å². The highest BCUT2D eigenvalue weighted by atomic mass is 16.6. The van der Waals surface area contributed by atoms with Crippen molar-refractivity contribution in [3.05, 3.63) is 89.5 Å². The number of carbonyl (C=O) groups excluding carboxylic acids is 2. The van der Waals surface area contributed by atoms with Gasteiger partial charge in [-0.3, -0.25) is 4.79 Å². The molecule has 3 rings (SSSR count). The molecule has 0 bridgehead atoms. The van der Waals surface area contributed by atoms with Crippen molar-refractivity contribution in [2.45, 2.75) is 13.8 Å². The van der Waals surface area contributed by atoms with E-state index in [-0.39, 0.29) is 19.0 Å². The van der Waals surface area contributed by atoms with E-state index in [2.05, 4.69) is 0 Å². The van der Waals surface area contributed by atoms with E-state index in [1.54, 1.807) is 18.2 Å². The molecule has 0 aliphatic heterocycles. The molecule has 3 aromatic carbocycles. The maximum Gasteiger partial charge on any atom is 0.344 e. The molecule has 4 heteroatoms. The van der Waals surface area contributed by atoms with Crippen LogP contribution in [0.2, 0.25) is 0 Å². The molecule has 0 fully saturated rings. The summed E-state index contributed by atoms with van der Waals surface area (Å²) in [5, 5.41) is 0. The summed E-state index contributed by atoms with van der Waals surface area (Å²) in [6.45, 7) is 3.44. The largest absolute Gasteiger partial charge is 0.482 e. The van der Waals surface area contributed by atoms with Gasteiger partial charge in [0.05, 0.1) is 0 Å². The monoisotopic (exact) mass is 374 g/mol. The number of benzene rings is 3. The predicted octanol–water partition coefficient (Wildman–Crippen LogP) is 4.78. The standard InChI is InChI=1S/C24H22O4/c1-17-8-13-22(14-18(17)2)27-16-24(26)28-15-23(25)21-11-9-20(10-12-21)19-6-4-3-5-7-19/h3-14H,15-16H2,1-2H3. The van der Waals surface area contributed by atoms with E-state index in [0.717, 1.165) is 22.3 Å². The summed E-state index contributed by atoms with van der Waals surface area (Å²) in [5.74, 6) is -0.227. The summed E-state index contributed by atoms with van der Waals surface area (Å²) >= 11 is 0. The van der Waals surface area contributed by atoms with E-state index in [1.165, 1.54) is 0 Å². The van der Waals surface area contributed by atoms with E-state index in [1.807, 2.05) is 68.4 Å². The summed E-state index contributed by atoms with van der Waals surface area (Å²) in [5.41, 5.74) is 4.84. The zero-order valence-corrected chi connectivity index (χ0v) is 16.0. The van der Waals surface area contributed by atoms with Gasteiger partial charge in [0.1, 0.15) is 5.75 Å². The van der Waals surface area contributed by atoms with Crippen LogP contribution in [0.15, 0.2) is 72.8 Å². The summed E-state index contributed by atoms with van der Waals surface area (Å²) < 4.78 is 10.5. The zero-order chi connectivity index (χ0) is 19.9. The fourth-order valence-electron chi connectivity index (χ4n) is 2.70. The fraction of sp³-hybridized carbons (Fsp3) is 0.167. The molecule has 0 atom stereocenters. The van der Waals surface area contributed by atoms with Crippen molar-refractivity contribution in [1.82, 2.24) is 0 Å². The van der Waals surface area contributed by atoms with Gasteiger partial charge in [-0.25, -0.2) is 4.79 Å². The third-order valence-corrected chi connectivity index (χ3v) is 4.51. The van der Waals surface area contributed by atoms with Crippen molar-refractivity contribution in [3.63, 3.8) is 0 Å². The molecule has 3 aromatic rings. The van der Waals surface area contributed by atoms with E-state index in [0.29, 0.717) is 11.3 Å². The maximum atomic E-state index is 12.2. The van der Waals surface area contributed by atoms with Crippen LogP contribution >= 0.6 is 0 Å². The Morgan fingerprint density at radius 3 is 2.11 bits per heavy atom. The predicted molar refractivity (Wildman–Crippen MR) is 109 cm³/mol. The van der Waals surface area contributed by atoms with Crippen LogP contribution in [0.25, 0.3) is 11.1 Å². The lowest BCUT2D eigenvalue weighted by Crippen LogP contribution is -2.19. The average Bonchev–Trinajstić information content (AvgIpc) is 2.73. The van der Waals surface area contributed by atoms with Crippen LogP contribution in [-0.2, 0) is 9.53 Å². The minimum atomic E-state index is -0.576. The average molecular weight is 374 g/mol. The van der Waals surface area contributed by atoms with E-state index in [9.17, 15) is 9.59 Å². The molecule has 0 amide bonds. The van der Waals surface area contributed by atoms with Gasteiger partial charge in [-0.15, -0.1) is 0 Å². The highest BCUT2D eigenvalue weighted by Gasteiger charge is 2.11. The molecule has 28 heavy (non-hydrogen) atoms. The quantitative estimate of drug-likeness (QED) is 0.441. The molecule has 0 aliphatic rings. The highest BCUT2D eigenvalue weighted by Crippen LogP contribution is 2.19. The molecule has 0 heterocycles. The van der Waals surface area contributed by atoms with Crippen molar-refractivity contribution in [3.8, 4) is 16.9 Å². The Hall–Kier alpha value is -3.40. The smallest absolute Gasteiger partial charge is 0.344 e. The topological polar surface area (TPSA) is 52.6 Å². The lowest BCUT2D eigenvalue weighted by molar-refractivity contribution is -0.144. The van der Waals surface area contributed by atoms with Crippen LogP contribution in [0.4, 0.5) is 0 Å². The van der Waals surface area contributed by atoms with Crippen molar-refractivity contribution >= 4 is 11.8 Å². The molecule has 4 nitrogen and oxygen atoms in total. The SMILES string of the molecule is Cc1ccc(OCC(=O)OCC(=O)c2ccc(-c3ccccc3)cc2)cc1C. The Bertz CT molecular complexity index is 960. The summed E-state index contributed by atoms with van der Waals surface area (Å²) in [7, 11) is 0. The number of rotatable bonds is 7. The number of hydrogen-bond donors (Lipinski definition) is 0. The van der Waals surface area contributed by atoms with Crippen molar-refractivity contribution < 1.29 is 19.1 Å². The van der Waals surface area contributed by atoms with Crippen molar-refractivity contribution in [2.75, 3.05) is 13.2 Å². The highest BCUT2D eigenvalue weighted by molar-refractivity contribution is 5.98. The fourth-order valence-corrected chi connectivity index (χ4v) is 2.70. The van der Waals surface area contributed by atoms with E-state index in [4.69, 9.17) is 9.47 Å². The first-order valence-electron chi connectivity index (χ1n) is 9.07. The van der Waals surface area contributed by atoms with Gasteiger partial charge in [0, 0.05) is 5.56 Å². The number of ether oxygens (including phenoxy) is 2. The summed E-state index contributed by atoms with van der Waals surface area (Å²) in [4.78, 5) is 24.1. The lowest BCUT2D eigenvalue weighted by Gasteiger charge is -2.09. The Morgan fingerprint density at radius 2 is 1.43 bits per heavy atom. The molecule has 0 N–H and O–H groups in total. The number of Topliss-reactive ketones (excluding diaryl/α,β-unsaturated/α-hetero) is 1. The van der Waals surface area contributed by atoms with Crippen LogP contribution < -0.4 is 4.74 Å². The Morgan fingerprint density at radius 1 is 0.750 bits per heavy atom. The normalized spacial score (nSPS) is 10.4. The molecule has 0 spiro atoms. The minimum Gasteiger partial charge on any atom is -0.482 e. The molecule has 0 saturated heterocycles.